The second kappa shape index (κ2) is 11.1. The monoisotopic (exact) mass is 756 g/mol. The second-order valence-electron chi connectivity index (χ2n) is 19.3. The minimum absolute atomic E-state index is 0.119. The molecule has 4 bridgehead atoms. The third-order valence-corrected chi connectivity index (χ3v) is 17.6. The van der Waals surface area contributed by atoms with Gasteiger partial charge in [0.15, 0.2) is 0 Å². The molecular formula is C56H45BN2. The summed E-state index contributed by atoms with van der Waals surface area (Å²) in [6.45, 7) is 0.119. The molecule has 0 aromatic heterocycles. The van der Waals surface area contributed by atoms with Crippen LogP contribution in [0.2, 0.25) is 0 Å². The lowest BCUT2D eigenvalue weighted by molar-refractivity contribution is 0.399. The fraction of sp³-hybridized carbons (Fsp3) is 0.250. The highest BCUT2D eigenvalue weighted by atomic mass is 15.2. The Morgan fingerprint density at radius 1 is 0.356 bits per heavy atom. The van der Waals surface area contributed by atoms with Gasteiger partial charge in [0.2, 0.25) is 0 Å². The fourth-order valence-electron chi connectivity index (χ4n) is 15.8. The van der Waals surface area contributed by atoms with Crippen molar-refractivity contribution in [1.29, 1.82) is 0 Å². The summed E-state index contributed by atoms with van der Waals surface area (Å²) < 4.78 is 0. The van der Waals surface area contributed by atoms with Gasteiger partial charge in [0.25, 0.3) is 6.71 Å². The number of fused-ring (bicyclic) bond motifs is 10. The van der Waals surface area contributed by atoms with Gasteiger partial charge in [-0.25, -0.2) is 0 Å². The van der Waals surface area contributed by atoms with E-state index < -0.39 is 0 Å². The smallest absolute Gasteiger partial charge is 0.252 e. The zero-order valence-corrected chi connectivity index (χ0v) is 33.4. The molecule has 0 amide bonds. The average Bonchev–Trinajstić information content (AvgIpc) is 4.15. The Morgan fingerprint density at radius 2 is 0.864 bits per heavy atom. The topological polar surface area (TPSA) is 6.48 Å². The van der Waals surface area contributed by atoms with E-state index in [-0.39, 0.29) is 17.5 Å². The molecular weight excluding hydrogens is 711 g/mol. The van der Waals surface area contributed by atoms with Crippen molar-refractivity contribution in [3.8, 4) is 22.3 Å². The van der Waals surface area contributed by atoms with Crippen LogP contribution < -0.4 is 26.2 Å². The van der Waals surface area contributed by atoms with Crippen LogP contribution in [0.3, 0.4) is 0 Å². The Morgan fingerprint density at radius 3 is 1.53 bits per heavy atom. The van der Waals surface area contributed by atoms with Crippen molar-refractivity contribution in [1.82, 2.24) is 0 Å². The van der Waals surface area contributed by atoms with Gasteiger partial charge in [-0.05, 0) is 184 Å². The summed E-state index contributed by atoms with van der Waals surface area (Å²) in [5, 5.41) is 0. The maximum atomic E-state index is 2.75. The lowest BCUT2D eigenvalue weighted by Gasteiger charge is -2.45. The number of hydrogen-bond donors (Lipinski definition) is 0. The predicted molar refractivity (Wildman–Crippen MR) is 244 cm³/mol. The Kier molecular flexibility index (Phi) is 6.02. The number of anilines is 6. The summed E-state index contributed by atoms with van der Waals surface area (Å²) in [6.07, 6.45) is 10.8. The molecule has 2 nitrogen and oxygen atoms in total. The third-order valence-electron chi connectivity index (χ3n) is 17.6. The standard InChI is InChI=1S/C56H45BN2/c1-2-11-38(12-3-1)58-50-18-9-8-17-48(50)57-49-32-43-41-14-5-7-16-45(41)56(36-25-26-37(56)28-27-36)47(43)33-53(49)59(52-20-10-19-51(58)54(52)57)39-29-30-42-40-13-4-6-15-44(40)55(46(42)31-39)34-21-22-35(55)24-23-34/h1-20,29-37H,21-28H2. The van der Waals surface area contributed by atoms with Crippen LogP contribution in [0.15, 0.2) is 152 Å². The molecule has 7 aromatic carbocycles. The SMILES string of the molecule is c1ccc(N2c3ccccc3B3c4cc5c(cc4N(c4ccc6c(c4)C4(c7ccccc7-6)C6CCC4CC6)c4cccc2c43)C2(c3ccccc3-5)C3CCC2CC3)cc1. The number of rotatable bonds is 2. The van der Waals surface area contributed by atoms with Crippen molar-refractivity contribution in [3.05, 3.63) is 174 Å². The molecule has 2 heterocycles. The first-order valence-electron chi connectivity index (χ1n) is 22.7. The van der Waals surface area contributed by atoms with Crippen molar-refractivity contribution in [2.75, 3.05) is 9.80 Å². The maximum absolute atomic E-state index is 2.75. The summed E-state index contributed by atoms with van der Waals surface area (Å²) in [6, 6.07) is 59.7. The third kappa shape index (κ3) is 3.64. The van der Waals surface area contributed by atoms with Gasteiger partial charge in [-0.3, -0.25) is 0 Å². The van der Waals surface area contributed by atoms with E-state index in [1.54, 1.807) is 22.3 Å². The maximum Gasteiger partial charge on any atom is 0.252 e. The Hall–Kier alpha value is -5.80. The van der Waals surface area contributed by atoms with Crippen molar-refractivity contribution >= 4 is 57.2 Å². The van der Waals surface area contributed by atoms with Crippen LogP contribution in [0.25, 0.3) is 22.3 Å². The van der Waals surface area contributed by atoms with Gasteiger partial charge in [0.05, 0.1) is 0 Å². The van der Waals surface area contributed by atoms with E-state index in [1.165, 1.54) is 124 Å². The van der Waals surface area contributed by atoms with Crippen molar-refractivity contribution in [3.63, 3.8) is 0 Å². The van der Waals surface area contributed by atoms with Gasteiger partial charge >= 0.3 is 0 Å². The van der Waals surface area contributed by atoms with Crippen molar-refractivity contribution < 1.29 is 0 Å². The zero-order valence-electron chi connectivity index (χ0n) is 33.4. The molecule has 0 atom stereocenters. The van der Waals surface area contributed by atoms with E-state index in [9.17, 15) is 0 Å². The first-order chi connectivity index (χ1) is 29.3. The van der Waals surface area contributed by atoms with Crippen molar-refractivity contribution in [2.45, 2.75) is 62.2 Å². The normalized spacial score (nSPS) is 27.5. The second-order valence-corrected chi connectivity index (χ2v) is 19.3. The lowest BCUT2D eigenvalue weighted by atomic mass is 9.33. The average molecular weight is 757 g/mol. The quantitative estimate of drug-likeness (QED) is 0.162. The van der Waals surface area contributed by atoms with E-state index >= 15 is 0 Å². The van der Waals surface area contributed by atoms with Crippen LogP contribution in [0.4, 0.5) is 34.1 Å². The molecule has 282 valence electrons. The van der Waals surface area contributed by atoms with Crippen LogP contribution in [-0.2, 0) is 10.8 Å². The molecule has 0 radical (unpaired) electrons. The van der Waals surface area contributed by atoms with E-state index in [0.29, 0.717) is 0 Å². The van der Waals surface area contributed by atoms with Gasteiger partial charge in [-0.15, -0.1) is 0 Å². The minimum Gasteiger partial charge on any atom is -0.311 e. The van der Waals surface area contributed by atoms with Crippen LogP contribution in [-0.4, -0.2) is 6.71 Å². The zero-order chi connectivity index (χ0) is 38.2. The number of benzene rings is 7. The van der Waals surface area contributed by atoms with Gasteiger partial charge in [-0.2, -0.15) is 0 Å². The van der Waals surface area contributed by atoms with E-state index in [1.807, 2.05) is 0 Å². The van der Waals surface area contributed by atoms with Crippen molar-refractivity contribution in [2.24, 2.45) is 23.7 Å². The largest absolute Gasteiger partial charge is 0.311 e. The molecule has 0 N–H and O–H groups in total. The van der Waals surface area contributed by atoms with E-state index in [4.69, 9.17) is 0 Å². The molecule has 0 unspecified atom stereocenters. The van der Waals surface area contributed by atoms with Crippen LogP contribution >= 0.6 is 0 Å². The van der Waals surface area contributed by atoms with Gasteiger partial charge in [-0.1, -0.05) is 103 Å². The molecule has 6 aliphatic carbocycles. The molecule has 4 fully saturated rings. The van der Waals surface area contributed by atoms with Gasteiger partial charge in [0, 0.05) is 45.0 Å². The highest BCUT2D eigenvalue weighted by Gasteiger charge is 2.62. The minimum atomic E-state index is 0.119. The lowest BCUT2D eigenvalue weighted by Crippen LogP contribution is -2.61. The first kappa shape index (κ1) is 32.1. The number of nitrogens with zero attached hydrogens (tertiary/aromatic N) is 2. The Balaban J connectivity index is 1.04. The Labute approximate surface area is 347 Å². The first-order valence-corrected chi connectivity index (χ1v) is 22.7. The van der Waals surface area contributed by atoms with Gasteiger partial charge < -0.3 is 9.80 Å². The van der Waals surface area contributed by atoms with Crippen LogP contribution in [0.1, 0.15) is 73.6 Å². The molecule has 7 aromatic rings. The summed E-state index contributed by atoms with van der Waals surface area (Å²) in [7, 11) is 0. The van der Waals surface area contributed by atoms with Gasteiger partial charge in [0.1, 0.15) is 0 Å². The summed E-state index contributed by atoms with van der Waals surface area (Å²) in [4.78, 5) is 5.27. The Bertz CT molecular complexity index is 2940. The van der Waals surface area contributed by atoms with E-state index in [2.05, 4.69) is 161 Å². The summed E-state index contributed by atoms with van der Waals surface area (Å²) >= 11 is 0. The molecule has 3 heteroatoms. The fourth-order valence-corrected chi connectivity index (χ4v) is 15.8. The highest BCUT2D eigenvalue weighted by Crippen LogP contribution is 2.70. The van der Waals surface area contributed by atoms with Crippen LogP contribution in [0, 0.1) is 23.7 Å². The van der Waals surface area contributed by atoms with E-state index in [0.717, 1.165) is 23.7 Å². The molecule has 8 aliphatic rings. The predicted octanol–water partition coefficient (Wildman–Crippen LogP) is 11.9. The molecule has 59 heavy (non-hydrogen) atoms. The number of hydrogen-bond acceptors (Lipinski definition) is 2. The molecule has 0 saturated heterocycles. The molecule has 2 spiro atoms. The number of para-hydroxylation sites is 2. The summed E-state index contributed by atoms with van der Waals surface area (Å²) in [5.74, 6) is 2.89. The molecule has 15 rings (SSSR count). The van der Waals surface area contributed by atoms with Crippen LogP contribution in [0.5, 0.6) is 0 Å². The molecule has 2 aliphatic heterocycles. The highest BCUT2D eigenvalue weighted by molar-refractivity contribution is 7.00. The molecule has 4 saturated carbocycles. The summed E-state index contributed by atoms with van der Waals surface area (Å²) in [5.41, 5.74) is 24.7.